The number of nitrogens with one attached hydrogen (secondary N) is 1. The standard InChI is InChI=1S/C16H18FNO/c1-3-19-16-7-5-4-6-13(16)11-18-14-9-8-12(2)15(17)10-14/h4-10,18H,3,11H2,1-2H3. The highest BCUT2D eigenvalue weighted by atomic mass is 19.1. The van der Waals surface area contributed by atoms with E-state index in [0.29, 0.717) is 18.7 Å². The molecule has 0 bridgehead atoms. The Balaban J connectivity index is 2.07. The summed E-state index contributed by atoms with van der Waals surface area (Å²) in [4.78, 5) is 0. The van der Waals surface area contributed by atoms with Crippen molar-refractivity contribution in [2.24, 2.45) is 0 Å². The van der Waals surface area contributed by atoms with Gasteiger partial charge in [-0.3, -0.25) is 0 Å². The molecule has 1 N–H and O–H groups in total. The molecular formula is C16H18FNO. The molecule has 19 heavy (non-hydrogen) atoms. The van der Waals surface area contributed by atoms with Gasteiger partial charge in [-0.25, -0.2) is 4.39 Å². The molecule has 2 aromatic rings. The molecule has 2 nitrogen and oxygen atoms in total. The second-order valence-corrected chi connectivity index (χ2v) is 4.36. The first-order chi connectivity index (χ1) is 9.20. The van der Waals surface area contributed by atoms with Gasteiger partial charge in [0, 0.05) is 17.8 Å². The smallest absolute Gasteiger partial charge is 0.128 e. The van der Waals surface area contributed by atoms with Crippen molar-refractivity contribution in [3.05, 3.63) is 59.4 Å². The van der Waals surface area contributed by atoms with Gasteiger partial charge < -0.3 is 10.1 Å². The fraction of sp³-hybridized carbons (Fsp3) is 0.250. The molecule has 0 fully saturated rings. The van der Waals surface area contributed by atoms with E-state index in [-0.39, 0.29) is 5.82 Å². The Bertz CT molecular complexity index is 554. The summed E-state index contributed by atoms with van der Waals surface area (Å²) in [6, 6.07) is 13.0. The van der Waals surface area contributed by atoms with Crippen LogP contribution in [0.3, 0.4) is 0 Å². The summed E-state index contributed by atoms with van der Waals surface area (Å²) < 4.78 is 19.0. The van der Waals surface area contributed by atoms with Gasteiger partial charge in [0.25, 0.3) is 0 Å². The Morgan fingerprint density at radius 2 is 1.95 bits per heavy atom. The van der Waals surface area contributed by atoms with E-state index in [1.54, 1.807) is 13.0 Å². The molecule has 3 heteroatoms. The maximum atomic E-state index is 13.4. The molecule has 0 aromatic heterocycles. The van der Waals surface area contributed by atoms with E-state index in [0.717, 1.165) is 17.0 Å². The second-order valence-electron chi connectivity index (χ2n) is 4.36. The third kappa shape index (κ3) is 3.47. The summed E-state index contributed by atoms with van der Waals surface area (Å²) >= 11 is 0. The summed E-state index contributed by atoms with van der Waals surface area (Å²) in [7, 11) is 0. The molecule has 0 radical (unpaired) electrons. The summed E-state index contributed by atoms with van der Waals surface area (Å²) in [5.41, 5.74) is 2.49. The van der Waals surface area contributed by atoms with Gasteiger partial charge in [-0.1, -0.05) is 24.3 Å². The van der Waals surface area contributed by atoms with Crippen molar-refractivity contribution in [2.45, 2.75) is 20.4 Å². The predicted molar refractivity (Wildman–Crippen MR) is 76.1 cm³/mol. The number of hydrogen-bond donors (Lipinski definition) is 1. The molecule has 2 rings (SSSR count). The second kappa shape index (κ2) is 6.23. The zero-order valence-corrected chi connectivity index (χ0v) is 11.2. The van der Waals surface area contributed by atoms with E-state index in [1.165, 1.54) is 6.07 Å². The minimum Gasteiger partial charge on any atom is -0.494 e. The fourth-order valence-corrected chi connectivity index (χ4v) is 1.85. The topological polar surface area (TPSA) is 21.3 Å². The fourth-order valence-electron chi connectivity index (χ4n) is 1.85. The van der Waals surface area contributed by atoms with Crippen molar-refractivity contribution in [2.75, 3.05) is 11.9 Å². The largest absolute Gasteiger partial charge is 0.494 e. The molecule has 0 saturated carbocycles. The molecule has 0 saturated heterocycles. The molecular weight excluding hydrogens is 241 g/mol. The first-order valence-corrected chi connectivity index (χ1v) is 6.41. The lowest BCUT2D eigenvalue weighted by Gasteiger charge is -2.12. The monoisotopic (exact) mass is 259 g/mol. The van der Waals surface area contributed by atoms with Crippen LogP contribution in [0.4, 0.5) is 10.1 Å². The third-order valence-electron chi connectivity index (χ3n) is 2.93. The van der Waals surface area contributed by atoms with Gasteiger partial charge in [0.05, 0.1) is 6.61 Å². The highest BCUT2D eigenvalue weighted by Gasteiger charge is 2.03. The molecule has 0 heterocycles. The quantitative estimate of drug-likeness (QED) is 0.871. The van der Waals surface area contributed by atoms with Crippen LogP contribution < -0.4 is 10.1 Å². The van der Waals surface area contributed by atoms with Gasteiger partial charge in [-0.2, -0.15) is 0 Å². The third-order valence-corrected chi connectivity index (χ3v) is 2.93. The maximum absolute atomic E-state index is 13.4. The summed E-state index contributed by atoms with van der Waals surface area (Å²) in [5, 5.41) is 3.21. The Kier molecular flexibility index (Phi) is 4.39. The van der Waals surface area contributed by atoms with Gasteiger partial charge in [-0.05, 0) is 37.6 Å². The molecule has 0 amide bonds. The highest BCUT2D eigenvalue weighted by Crippen LogP contribution is 2.20. The SMILES string of the molecule is CCOc1ccccc1CNc1ccc(C)c(F)c1. The van der Waals surface area contributed by atoms with E-state index in [1.807, 2.05) is 37.3 Å². The van der Waals surface area contributed by atoms with Crippen molar-refractivity contribution < 1.29 is 9.13 Å². The molecule has 0 spiro atoms. The minimum absolute atomic E-state index is 0.192. The van der Waals surface area contributed by atoms with Crippen LogP contribution in [0.2, 0.25) is 0 Å². The van der Waals surface area contributed by atoms with Gasteiger partial charge in [-0.15, -0.1) is 0 Å². The summed E-state index contributed by atoms with van der Waals surface area (Å²) in [6.45, 7) is 4.96. The Morgan fingerprint density at radius 1 is 1.16 bits per heavy atom. The van der Waals surface area contributed by atoms with Crippen LogP contribution in [0.15, 0.2) is 42.5 Å². The molecule has 0 atom stereocenters. The van der Waals surface area contributed by atoms with Crippen molar-refractivity contribution >= 4 is 5.69 Å². The zero-order chi connectivity index (χ0) is 13.7. The average molecular weight is 259 g/mol. The maximum Gasteiger partial charge on any atom is 0.128 e. The predicted octanol–water partition coefficient (Wildman–Crippen LogP) is 4.14. The van der Waals surface area contributed by atoms with E-state index in [4.69, 9.17) is 4.74 Å². The number of para-hydroxylation sites is 1. The number of hydrogen-bond acceptors (Lipinski definition) is 2. The number of ether oxygens (including phenoxy) is 1. The lowest BCUT2D eigenvalue weighted by atomic mass is 10.2. The number of rotatable bonds is 5. The Labute approximate surface area is 113 Å². The van der Waals surface area contributed by atoms with E-state index in [9.17, 15) is 4.39 Å². The lowest BCUT2D eigenvalue weighted by molar-refractivity contribution is 0.337. The van der Waals surface area contributed by atoms with Crippen molar-refractivity contribution in [1.82, 2.24) is 0 Å². The van der Waals surface area contributed by atoms with Gasteiger partial charge >= 0.3 is 0 Å². The van der Waals surface area contributed by atoms with Crippen molar-refractivity contribution in [3.63, 3.8) is 0 Å². The van der Waals surface area contributed by atoms with Crippen LogP contribution in [-0.4, -0.2) is 6.61 Å². The van der Waals surface area contributed by atoms with Crippen molar-refractivity contribution in [3.8, 4) is 5.75 Å². The minimum atomic E-state index is -0.192. The van der Waals surface area contributed by atoms with Gasteiger partial charge in [0.15, 0.2) is 0 Å². The molecule has 100 valence electrons. The van der Waals surface area contributed by atoms with Crippen LogP contribution in [0.5, 0.6) is 5.75 Å². The molecule has 0 aliphatic carbocycles. The first-order valence-electron chi connectivity index (χ1n) is 6.41. The lowest BCUT2D eigenvalue weighted by Crippen LogP contribution is -2.03. The highest BCUT2D eigenvalue weighted by molar-refractivity contribution is 5.47. The van der Waals surface area contributed by atoms with Crippen LogP contribution >= 0.6 is 0 Å². The van der Waals surface area contributed by atoms with E-state index in [2.05, 4.69) is 5.32 Å². The van der Waals surface area contributed by atoms with Crippen LogP contribution in [-0.2, 0) is 6.54 Å². The van der Waals surface area contributed by atoms with E-state index < -0.39 is 0 Å². The molecule has 0 aliphatic heterocycles. The Morgan fingerprint density at radius 3 is 2.68 bits per heavy atom. The Hall–Kier alpha value is -2.03. The molecule has 0 aliphatic rings. The first kappa shape index (κ1) is 13.4. The number of halogens is 1. The van der Waals surface area contributed by atoms with Crippen LogP contribution in [0.1, 0.15) is 18.1 Å². The van der Waals surface area contributed by atoms with Crippen LogP contribution in [0, 0.1) is 12.7 Å². The number of aryl methyl sites for hydroxylation is 1. The van der Waals surface area contributed by atoms with Crippen LogP contribution in [0.25, 0.3) is 0 Å². The van der Waals surface area contributed by atoms with Gasteiger partial charge in [0.2, 0.25) is 0 Å². The zero-order valence-electron chi connectivity index (χ0n) is 11.2. The van der Waals surface area contributed by atoms with Gasteiger partial charge in [0.1, 0.15) is 11.6 Å². The molecule has 0 unspecified atom stereocenters. The van der Waals surface area contributed by atoms with Crippen molar-refractivity contribution in [1.29, 1.82) is 0 Å². The summed E-state index contributed by atoms with van der Waals surface area (Å²) in [5.74, 6) is 0.674. The average Bonchev–Trinajstić information content (AvgIpc) is 2.42. The normalized spacial score (nSPS) is 10.3. The summed E-state index contributed by atoms with van der Waals surface area (Å²) in [6.07, 6.45) is 0. The van der Waals surface area contributed by atoms with E-state index >= 15 is 0 Å². The number of benzene rings is 2. The molecule has 2 aromatic carbocycles. The number of anilines is 1.